The van der Waals surface area contributed by atoms with Crippen LogP contribution in [-0.2, 0) is 9.59 Å². The van der Waals surface area contributed by atoms with E-state index in [0.29, 0.717) is 62.6 Å². The number of benzene rings is 6. The summed E-state index contributed by atoms with van der Waals surface area (Å²) in [7, 11) is 0. The van der Waals surface area contributed by atoms with Gasteiger partial charge in [-0.1, -0.05) is 132 Å². The molecule has 14 heteroatoms. The van der Waals surface area contributed by atoms with Gasteiger partial charge in [-0.15, -0.1) is 0 Å². The lowest BCUT2D eigenvalue weighted by Gasteiger charge is -2.47. The molecule has 2 unspecified atom stereocenters. The minimum absolute atomic E-state index is 0.00550. The van der Waals surface area contributed by atoms with Gasteiger partial charge in [-0.3, -0.25) is 29.2 Å². The number of rotatable bonds is 13. The molecule has 6 aromatic carbocycles. The minimum atomic E-state index is -0.936. The third-order valence-corrected chi connectivity index (χ3v) is 14.6. The van der Waals surface area contributed by atoms with Gasteiger partial charge in [-0.2, -0.15) is 0 Å². The highest BCUT2D eigenvalue weighted by Gasteiger charge is 2.45. The molecule has 2 aliphatic rings. The average molecular weight is 919 g/mol. The van der Waals surface area contributed by atoms with E-state index in [1.165, 1.54) is 58.1 Å². The Morgan fingerprint density at radius 2 is 0.742 bits per heavy atom. The number of carbonyl (C=O) groups excluding carboxylic acids is 2. The smallest absolute Gasteiger partial charge is 0.245 e. The Morgan fingerprint density at radius 1 is 0.424 bits per heavy atom. The fourth-order valence-electron chi connectivity index (χ4n) is 9.56. The highest BCUT2D eigenvalue weighted by atomic mass is 32.1. The molecule has 10 nitrogen and oxygen atoms in total. The topological polar surface area (TPSA) is 96.9 Å². The number of anilines is 2. The maximum Gasteiger partial charge on any atom is 0.245 e. The molecule has 334 valence electrons. The number of piperazine rings is 2. The summed E-state index contributed by atoms with van der Waals surface area (Å²) in [5, 5.41) is 7.27. The molecule has 0 bridgehead atoms. The average Bonchev–Trinajstić information content (AvgIpc) is 3.96. The fourth-order valence-corrected chi connectivity index (χ4v) is 11.3. The first-order valence-electron chi connectivity index (χ1n) is 22.2. The van der Waals surface area contributed by atoms with E-state index in [0.717, 1.165) is 31.6 Å². The van der Waals surface area contributed by atoms with Crippen LogP contribution in [0.1, 0.15) is 34.3 Å². The third kappa shape index (κ3) is 9.52. The molecule has 66 heavy (non-hydrogen) atoms. The number of carbonyl (C=O) groups is 2. The predicted octanol–water partition coefficient (Wildman–Crippen LogP) is 9.31. The number of aromatic nitrogens is 2. The lowest BCUT2D eigenvalue weighted by molar-refractivity contribution is -0.134. The van der Waals surface area contributed by atoms with Crippen LogP contribution in [0.25, 0.3) is 20.4 Å². The molecule has 0 radical (unpaired) electrons. The molecular weight excluding hydrogens is 871 g/mol. The van der Waals surface area contributed by atoms with Gasteiger partial charge in [0, 0.05) is 52.4 Å². The van der Waals surface area contributed by atoms with Crippen LogP contribution in [-0.4, -0.2) is 106 Å². The molecule has 0 aliphatic carbocycles. The molecule has 2 fully saturated rings. The molecule has 2 atom stereocenters. The Balaban J connectivity index is 0.990. The van der Waals surface area contributed by atoms with E-state index in [4.69, 9.17) is 9.97 Å². The van der Waals surface area contributed by atoms with E-state index in [2.05, 4.69) is 78.8 Å². The van der Waals surface area contributed by atoms with E-state index in [1.807, 2.05) is 60.7 Å². The standard InChI is InChI=1S/C52H48F2N8O2S2/c53-39-23-19-37(20-24-39)46(38-21-25-40(54)26-22-38)60-29-33-62(34-30-60)48(50(64)58-52-56-42-16-8-10-18-44(42)66-52)47(49(63)57-51-55-41-15-7-9-17-43(41)65-51)61-31-27-59(28-32-61)45(35-11-3-1-4-12-35)36-13-5-2-6-14-36/h1-26,45-48H,27-34H2,(H,55,57,63)(H,56,58,64). The number of nitrogens with one attached hydrogen (secondary N) is 2. The van der Waals surface area contributed by atoms with Crippen molar-refractivity contribution in [2.45, 2.75) is 24.2 Å². The Kier molecular flexibility index (Phi) is 13.0. The lowest BCUT2D eigenvalue weighted by atomic mass is 9.95. The molecule has 2 amide bonds. The zero-order valence-electron chi connectivity index (χ0n) is 36.0. The van der Waals surface area contributed by atoms with E-state index in [-0.39, 0.29) is 35.5 Å². The summed E-state index contributed by atoms with van der Waals surface area (Å²) in [6, 6.07) is 47.2. The number of thiazole rings is 2. The zero-order valence-corrected chi connectivity index (χ0v) is 37.7. The minimum Gasteiger partial charge on any atom is -0.300 e. The van der Waals surface area contributed by atoms with Crippen molar-refractivity contribution in [3.05, 3.63) is 192 Å². The van der Waals surface area contributed by atoms with Crippen LogP contribution in [0, 0.1) is 11.6 Å². The summed E-state index contributed by atoms with van der Waals surface area (Å²) in [6.07, 6.45) is 0. The van der Waals surface area contributed by atoms with E-state index >= 15 is 9.59 Å². The molecule has 2 saturated heterocycles. The van der Waals surface area contributed by atoms with Crippen LogP contribution in [0.15, 0.2) is 158 Å². The second-order valence-corrected chi connectivity index (χ2v) is 18.8. The largest absolute Gasteiger partial charge is 0.300 e. The molecule has 10 rings (SSSR count). The SMILES string of the molecule is O=C(Nc1nc2ccccc2s1)C(C(C(=O)Nc1nc2ccccc2s1)N1CCN(C(c2ccc(F)cc2)c2ccc(F)cc2)CC1)N1CCN(C(c2ccccc2)c2ccccc2)CC1. The number of fused-ring (bicyclic) bond motifs is 2. The molecule has 0 spiro atoms. The highest BCUT2D eigenvalue weighted by molar-refractivity contribution is 7.22. The van der Waals surface area contributed by atoms with Gasteiger partial charge < -0.3 is 10.6 Å². The van der Waals surface area contributed by atoms with Gasteiger partial charge in [0.05, 0.1) is 32.5 Å². The van der Waals surface area contributed by atoms with Crippen LogP contribution >= 0.6 is 22.7 Å². The number of amides is 2. The molecular formula is C52H48F2N8O2S2. The van der Waals surface area contributed by atoms with E-state index in [1.54, 1.807) is 24.3 Å². The van der Waals surface area contributed by atoms with Crippen molar-refractivity contribution >= 4 is 65.2 Å². The van der Waals surface area contributed by atoms with Crippen molar-refractivity contribution < 1.29 is 18.4 Å². The van der Waals surface area contributed by atoms with Crippen molar-refractivity contribution in [3.63, 3.8) is 0 Å². The van der Waals surface area contributed by atoms with Gasteiger partial charge >= 0.3 is 0 Å². The zero-order chi connectivity index (χ0) is 45.0. The summed E-state index contributed by atoms with van der Waals surface area (Å²) in [6.45, 7) is 4.25. The molecule has 0 saturated carbocycles. The number of hydrogen-bond donors (Lipinski definition) is 2. The van der Waals surface area contributed by atoms with Crippen LogP contribution in [0.4, 0.5) is 19.0 Å². The molecule has 2 aromatic heterocycles. The highest BCUT2D eigenvalue weighted by Crippen LogP contribution is 2.34. The summed E-state index contributed by atoms with van der Waals surface area (Å²) >= 11 is 2.80. The number of hydrogen-bond acceptors (Lipinski definition) is 10. The second kappa shape index (κ2) is 19.7. The van der Waals surface area contributed by atoms with Gasteiger partial charge in [-0.05, 0) is 70.8 Å². The van der Waals surface area contributed by atoms with E-state index in [9.17, 15) is 8.78 Å². The molecule has 4 heterocycles. The first kappa shape index (κ1) is 43.6. The quantitative estimate of drug-likeness (QED) is 0.118. The van der Waals surface area contributed by atoms with Gasteiger partial charge in [0.15, 0.2) is 10.3 Å². The normalized spacial score (nSPS) is 16.5. The molecule has 8 aromatic rings. The second-order valence-electron chi connectivity index (χ2n) is 16.7. The van der Waals surface area contributed by atoms with Gasteiger partial charge in [0.1, 0.15) is 23.7 Å². The number of para-hydroxylation sites is 2. The van der Waals surface area contributed by atoms with Crippen LogP contribution in [0.2, 0.25) is 0 Å². The van der Waals surface area contributed by atoms with Crippen molar-refractivity contribution in [1.29, 1.82) is 0 Å². The predicted molar refractivity (Wildman–Crippen MR) is 260 cm³/mol. The van der Waals surface area contributed by atoms with Crippen molar-refractivity contribution in [1.82, 2.24) is 29.6 Å². The summed E-state index contributed by atoms with van der Waals surface area (Å²) in [5.74, 6) is -1.31. The number of nitrogens with zero attached hydrogens (tertiary/aromatic N) is 6. The Morgan fingerprint density at radius 3 is 1.11 bits per heavy atom. The van der Waals surface area contributed by atoms with Gasteiger partial charge in [0.25, 0.3) is 0 Å². The maximum absolute atomic E-state index is 15.2. The van der Waals surface area contributed by atoms with Gasteiger partial charge in [0.2, 0.25) is 11.8 Å². The Labute approximate surface area is 390 Å². The summed E-state index contributed by atoms with van der Waals surface area (Å²) in [4.78, 5) is 49.0. The van der Waals surface area contributed by atoms with Crippen LogP contribution < -0.4 is 10.6 Å². The summed E-state index contributed by atoms with van der Waals surface area (Å²) in [5.41, 5.74) is 5.69. The summed E-state index contributed by atoms with van der Waals surface area (Å²) < 4.78 is 30.3. The van der Waals surface area contributed by atoms with E-state index < -0.39 is 12.1 Å². The Bertz CT molecular complexity index is 2750. The molecule has 2 N–H and O–H groups in total. The van der Waals surface area contributed by atoms with Gasteiger partial charge in [-0.25, -0.2) is 18.7 Å². The third-order valence-electron chi connectivity index (χ3n) is 12.7. The van der Waals surface area contributed by atoms with Crippen molar-refractivity contribution in [3.8, 4) is 0 Å². The first-order valence-corrected chi connectivity index (χ1v) is 23.9. The fraction of sp³-hybridized carbons (Fsp3) is 0.231. The van der Waals surface area contributed by atoms with Crippen molar-refractivity contribution in [2.75, 3.05) is 63.0 Å². The first-order chi connectivity index (χ1) is 32.3. The monoisotopic (exact) mass is 918 g/mol. The number of halogens is 2. The van der Waals surface area contributed by atoms with Crippen LogP contribution in [0.3, 0.4) is 0 Å². The molecule has 2 aliphatic heterocycles. The van der Waals surface area contributed by atoms with Crippen LogP contribution in [0.5, 0.6) is 0 Å². The maximum atomic E-state index is 15.2. The van der Waals surface area contributed by atoms with Crippen molar-refractivity contribution in [2.24, 2.45) is 0 Å². The lowest BCUT2D eigenvalue weighted by Crippen LogP contribution is -2.66. The Hall–Kier alpha value is -6.26.